The van der Waals surface area contributed by atoms with Gasteiger partial charge < -0.3 is 5.73 Å². The highest BCUT2D eigenvalue weighted by Crippen LogP contribution is 2.15. The number of nitrogens with one attached hydrogen (secondary N) is 1. The average Bonchev–Trinajstić information content (AvgIpc) is 2.61. The second-order valence-corrected chi connectivity index (χ2v) is 4.70. The van der Waals surface area contributed by atoms with E-state index in [1.54, 1.807) is 42.7 Å². The van der Waals surface area contributed by atoms with Crippen molar-refractivity contribution < 1.29 is 14.4 Å². The maximum Gasteiger partial charge on any atom is 0.331 e. The number of urea groups is 1. The summed E-state index contributed by atoms with van der Waals surface area (Å²) in [6.07, 6.45) is 5.93. The number of hydrazine groups is 1. The number of primary amides is 1. The van der Waals surface area contributed by atoms with Crippen LogP contribution in [0.2, 0.25) is 0 Å². The van der Waals surface area contributed by atoms with E-state index in [0.29, 0.717) is 0 Å². The first kappa shape index (κ1) is 16.9. The van der Waals surface area contributed by atoms with Crippen LogP contribution < -0.4 is 11.2 Å². The highest BCUT2D eigenvalue weighted by atomic mass is 16.2. The zero-order valence-electron chi connectivity index (χ0n) is 12.6. The lowest BCUT2D eigenvalue weighted by Gasteiger charge is -2.25. The molecule has 1 atom stereocenters. The lowest BCUT2D eigenvalue weighted by atomic mass is 10.2. The van der Waals surface area contributed by atoms with Crippen LogP contribution in [0, 0.1) is 0 Å². The van der Waals surface area contributed by atoms with E-state index < -0.39 is 18.0 Å². The lowest BCUT2D eigenvalue weighted by Crippen LogP contribution is -2.50. The molecule has 0 spiro atoms. The summed E-state index contributed by atoms with van der Waals surface area (Å²) in [6, 6.07) is 11.7. The minimum Gasteiger partial charge on any atom is -0.350 e. The summed E-state index contributed by atoms with van der Waals surface area (Å²) < 4.78 is 0. The van der Waals surface area contributed by atoms with Gasteiger partial charge in [0.1, 0.15) is 0 Å². The number of hydrogen-bond acceptors (Lipinski definition) is 4. The second kappa shape index (κ2) is 8.23. The molecular weight excluding hydrogens is 308 g/mol. The van der Waals surface area contributed by atoms with Crippen LogP contribution in [0.15, 0.2) is 60.8 Å². The van der Waals surface area contributed by atoms with E-state index in [4.69, 9.17) is 5.73 Å². The minimum absolute atomic E-state index is 0.253. The summed E-state index contributed by atoms with van der Waals surface area (Å²) in [4.78, 5) is 38.9. The Labute approximate surface area is 138 Å². The SMILES string of the molecule is NC(=O)NN(C(=O)C=Cc1ccccc1)C([C]=O)c1ccccn1. The molecule has 3 amide bonds. The standard InChI is InChI=1S/C17H15N4O3/c18-17(24)20-21(15(12-22)14-8-4-5-11-19-14)16(23)10-9-13-6-2-1-3-7-13/h1-11,15H,(H3,18,20,24). The van der Waals surface area contributed by atoms with E-state index in [1.807, 2.05) is 18.2 Å². The molecule has 0 aliphatic carbocycles. The normalized spacial score (nSPS) is 11.7. The van der Waals surface area contributed by atoms with Gasteiger partial charge >= 0.3 is 6.03 Å². The van der Waals surface area contributed by atoms with Crippen LogP contribution >= 0.6 is 0 Å². The number of nitrogens with zero attached hydrogens (tertiary/aromatic N) is 2. The molecule has 1 heterocycles. The third-order valence-electron chi connectivity index (χ3n) is 3.02. The van der Waals surface area contributed by atoms with E-state index in [1.165, 1.54) is 12.3 Å². The van der Waals surface area contributed by atoms with Gasteiger partial charge in [-0.1, -0.05) is 36.4 Å². The first-order valence-electron chi connectivity index (χ1n) is 7.03. The van der Waals surface area contributed by atoms with Gasteiger partial charge in [0.15, 0.2) is 6.04 Å². The van der Waals surface area contributed by atoms with Crippen LogP contribution in [-0.4, -0.2) is 28.2 Å². The van der Waals surface area contributed by atoms with E-state index in [9.17, 15) is 14.4 Å². The number of benzene rings is 1. The third-order valence-corrected chi connectivity index (χ3v) is 3.02. The first-order chi connectivity index (χ1) is 11.6. The number of amides is 3. The van der Waals surface area contributed by atoms with Crippen LogP contribution in [0.4, 0.5) is 4.79 Å². The summed E-state index contributed by atoms with van der Waals surface area (Å²) in [6.45, 7) is 0. The first-order valence-corrected chi connectivity index (χ1v) is 7.03. The number of nitrogens with two attached hydrogens (primary N) is 1. The summed E-state index contributed by atoms with van der Waals surface area (Å²) >= 11 is 0. The van der Waals surface area contributed by atoms with E-state index in [2.05, 4.69) is 10.4 Å². The molecule has 3 N–H and O–H groups in total. The average molecular weight is 323 g/mol. The fourth-order valence-corrected chi connectivity index (χ4v) is 1.96. The Kier molecular flexibility index (Phi) is 5.79. The number of aromatic nitrogens is 1. The van der Waals surface area contributed by atoms with Gasteiger partial charge in [0.2, 0.25) is 6.29 Å². The number of carbonyl (C=O) groups is 2. The van der Waals surface area contributed by atoms with Gasteiger partial charge in [-0.25, -0.2) is 15.2 Å². The van der Waals surface area contributed by atoms with Gasteiger partial charge in [-0.05, 0) is 23.8 Å². The van der Waals surface area contributed by atoms with Gasteiger partial charge in [0.25, 0.3) is 5.91 Å². The van der Waals surface area contributed by atoms with E-state index >= 15 is 0 Å². The summed E-state index contributed by atoms with van der Waals surface area (Å²) in [7, 11) is 0. The van der Waals surface area contributed by atoms with Gasteiger partial charge in [-0.15, -0.1) is 0 Å². The molecule has 1 aromatic carbocycles. The molecule has 2 aromatic rings. The highest BCUT2D eigenvalue weighted by molar-refractivity contribution is 5.94. The molecule has 1 unspecified atom stereocenters. The van der Waals surface area contributed by atoms with Crippen LogP contribution in [0.3, 0.4) is 0 Å². The van der Waals surface area contributed by atoms with Crippen molar-refractivity contribution in [1.29, 1.82) is 0 Å². The fraction of sp³-hybridized carbons (Fsp3) is 0.0588. The van der Waals surface area contributed by atoms with Crippen LogP contribution in [0.1, 0.15) is 17.3 Å². The number of pyridine rings is 1. The molecule has 7 heteroatoms. The molecule has 7 nitrogen and oxygen atoms in total. The Bertz CT molecular complexity index is 732. The van der Waals surface area contributed by atoms with Crippen molar-refractivity contribution in [3.63, 3.8) is 0 Å². The number of hydrogen-bond donors (Lipinski definition) is 2. The van der Waals surface area contributed by atoms with Crippen molar-refractivity contribution in [2.45, 2.75) is 6.04 Å². The van der Waals surface area contributed by atoms with Gasteiger partial charge in [-0.2, -0.15) is 0 Å². The third kappa shape index (κ3) is 4.51. The van der Waals surface area contributed by atoms with E-state index in [-0.39, 0.29) is 5.69 Å². The Morgan fingerprint density at radius 3 is 2.46 bits per heavy atom. The molecule has 121 valence electrons. The Morgan fingerprint density at radius 1 is 1.17 bits per heavy atom. The summed E-state index contributed by atoms with van der Waals surface area (Å²) in [5.41, 5.74) is 8.26. The second-order valence-electron chi connectivity index (χ2n) is 4.70. The van der Waals surface area contributed by atoms with Gasteiger partial charge in [0.05, 0.1) is 5.69 Å². The maximum absolute atomic E-state index is 12.4. The smallest absolute Gasteiger partial charge is 0.331 e. The zero-order valence-corrected chi connectivity index (χ0v) is 12.6. The molecule has 0 saturated carbocycles. The topological polar surface area (TPSA) is 105 Å². The monoisotopic (exact) mass is 323 g/mol. The van der Waals surface area contributed by atoms with Crippen molar-refractivity contribution in [1.82, 2.24) is 15.4 Å². The molecule has 0 aliphatic heterocycles. The van der Waals surface area contributed by atoms with E-state index in [0.717, 1.165) is 10.6 Å². The Morgan fingerprint density at radius 2 is 1.88 bits per heavy atom. The minimum atomic E-state index is -1.22. The molecule has 24 heavy (non-hydrogen) atoms. The molecule has 0 fully saturated rings. The summed E-state index contributed by atoms with van der Waals surface area (Å²) in [5, 5.41) is 0.789. The quantitative estimate of drug-likeness (QED) is 0.640. The van der Waals surface area contributed by atoms with Crippen LogP contribution in [0.5, 0.6) is 0 Å². The van der Waals surface area contributed by atoms with Crippen LogP contribution in [-0.2, 0) is 9.59 Å². The molecule has 0 saturated heterocycles. The molecule has 2 rings (SSSR count). The Hall–Kier alpha value is -3.48. The maximum atomic E-state index is 12.4. The van der Waals surface area contributed by atoms with Gasteiger partial charge in [-0.3, -0.25) is 14.6 Å². The number of rotatable bonds is 5. The van der Waals surface area contributed by atoms with Crippen molar-refractivity contribution >= 4 is 24.3 Å². The summed E-state index contributed by atoms with van der Waals surface area (Å²) in [5.74, 6) is -0.642. The molecule has 1 aromatic heterocycles. The van der Waals surface area contributed by atoms with Crippen molar-refractivity contribution in [3.8, 4) is 0 Å². The molecule has 1 radical (unpaired) electrons. The van der Waals surface area contributed by atoms with Crippen molar-refractivity contribution in [2.75, 3.05) is 0 Å². The largest absolute Gasteiger partial charge is 0.350 e. The molecular formula is C17H15N4O3. The van der Waals surface area contributed by atoms with Crippen LogP contribution in [0.25, 0.3) is 6.08 Å². The molecule has 0 aliphatic rings. The van der Waals surface area contributed by atoms with Gasteiger partial charge in [0, 0.05) is 12.3 Å². The lowest BCUT2D eigenvalue weighted by molar-refractivity contribution is -0.129. The zero-order chi connectivity index (χ0) is 17.4. The predicted octanol–water partition coefficient (Wildman–Crippen LogP) is 1.36. The predicted molar refractivity (Wildman–Crippen MR) is 87.7 cm³/mol. The highest BCUT2D eigenvalue weighted by Gasteiger charge is 2.26. The Balaban J connectivity index is 2.26. The van der Waals surface area contributed by atoms with Crippen molar-refractivity contribution in [3.05, 3.63) is 72.1 Å². The fourth-order valence-electron chi connectivity index (χ4n) is 1.96. The number of carbonyl (C=O) groups excluding carboxylic acids is 3. The van der Waals surface area contributed by atoms with Crippen molar-refractivity contribution in [2.24, 2.45) is 5.73 Å². The molecule has 0 bridgehead atoms.